The Balaban J connectivity index is 0.000000359. The first-order valence-corrected chi connectivity index (χ1v) is 19.6. The van der Waals surface area contributed by atoms with Crippen LogP contribution in [0.2, 0.25) is 0 Å². The normalized spacial score (nSPS) is 15.3. The van der Waals surface area contributed by atoms with E-state index < -0.39 is 31.3 Å². The summed E-state index contributed by atoms with van der Waals surface area (Å²) in [4.78, 5) is 10.0. The molecule has 0 fully saturated rings. The molecule has 0 saturated carbocycles. The second-order valence-corrected chi connectivity index (χ2v) is 33.7. The second kappa shape index (κ2) is 6.49. The van der Waals surface area contributed by atoms with Gasteiger partial charge in [-0.15, -0.1) is 0 Å². The smallest absolute Gasteiger partial charge is 0.485 e. The monoisotopic (exact) mass is 504 g/mol. The molecule has 2 rings (SSSR count). The SMILES string of the molecule is Cc1ccccc1[I+](C)(C)(C)(C)c1ccccc1.O=S(=O)([O-])C(F)(F)F. The van der Waals surface area contributed by atoms with Crippen LogP contribution in [0.3, 0.4) is 0 Å². The van der Waals surface area contributed by atoms with Crippen LogP contribution < -0.4 is 15.7 Å². The van der Waals surface area contributed by atoms with Crippen molar-refractivity contribution in [3.05, 3.63) is 67.3 Å². The van der Waals surface area contributed by atoms with E-state index in [4.69, 9.17) is 13.0 Å². The third kappa shape index (κ3) is 4.98. The van der Waals surface area contributed by atoms with Crippen LogP contribution in [0.1, 0.15) is 5.56 Å². The van der Waals surface area contributed by atoms with Gasteiger partial charge in [0.25, 0.3) is 0 Å². The molecule has 0 amide bonds. The minimum absolute atomic E-state index is 1.42. The summed E-state index contributed by atoms with van der Waals surface area (Å²) < 4.78 is 62.0. The van der Waals surface area contributed by atoms with Crippen molar-refractivity contribution in [1.82, 2.24) is 0 Å². The quantitative estimate of drug-likeness (QED) is 0.264. The van der Waals surface area contributed by atoms with E-state index in [1.165, 1.54) is 9.13 Å². The van der Waals surface area contributed by atoms with Crippen molar-refractivity contribution in [2.24, 2.45) is 0 Å². The van der Waals surface area contributed by atoms with Crippen molar-refractivity contribution in [3.8, 4) is 0 Å². The van der Waals surface area contributed by atoms with E-state index in [0.717, 1.165) is 0 Å². The van der Waals surface area contributed by atoms with Gasteiger partial charge < -0.3 is 4.55 Å². The maximum Gasteiger partial charge on any atom is 0.485 e. The Labute approximate surface area is 151 Å². The first-order valence-electron chi connectivity index (χ1n) is 7.40. The summed E-state index contributed by atoms with van der Waals surface area (Å²) in [5, 5.41) is 0. The topological polar surface area (TPSA) is 57.2 Å². The summed E-state index contributed by atoms with van der Waals surface area (Å²) in [6, 6.07) is 19.9. The molecular formula is C18H24F3IO3S. The standard InChI is InChI=1S/C17H24I.CHF3O3S/c1-15-11-9-10-14-17(15)18(2,3,4,5)16-12-7-6-8-13-16;2-1(3,4)8(5,6)7/h6-14H,1-5H3;(H,5,6,7)/q+1;/p-1. The van der Waals surface area contributed by atoms with Gasteiger partial charge in [0.2, 0.25) is 0 Å². The molecule has 148 valence electrons. The molecule has 0 aliphatic rings. The van der Waals surface area contributed by atoms with Crippen molar-refractivity contribution in [3.63, 3.8) is 0 Å². The fourth-order valence-corrected chi connectivity index (χ4v) is 12.8. The van der Waals surface area contributed by atoms with Crippen molar-refractivity contribution < 1.29 is 41.8 Å². The number of rotatable bonds is 2. The first-order chi connectivity index (χ1) is 11.4. The Hall–Kier alpha value is -1.13. The van der Waals surface area contributed by atoms with Gasteiger partial charge in [0.15, 0.2) is 10.1 Å². The minimum Gasteiger partial charge on any atom is -0.741 e. The number of hydrogen-bond donors (Lipinski definition) is 0. The second-order valence-electron chi connectivity index (χ2n) is 7.82. The fourth-order valence-electron chi connectivity index (χ4n) is 2.60. The Morgan fingerprint density at radius 1 is 0.846 bits per heavy atom. The summed E-state index contributed by atoms with van der Waals surface area (Å²) >= 11 is -3.29. The average molecular weight is 504 g/mol. The Bertz CT molecular complexity index is 883. The molecular weight excluding hydrogens is 480 g/mol. The Morgan fingerprint density at radius 2 is 1.23 bits per heavy atom. The van der Waals surface area contributed by atoms with Gasteiger partial charge in [-0.3, -0.25) is 0 Å². The zero-order valence-corrected chi connectivity index (χ0v) is 18.3. The fraction of sp³-hybridized carbons (Fsp3) is 0.333. The number of hydrogen-bond acceptors (Lipinski definition) is 3. The molecule has 2 aromatic carbocycles. The van der Waals surface area contributed by atoms with Gasteiger partial charge in [-0.05, 0) is 0 Å². The molecule has 26 heavy (non-hydrogen) atoms. The van der Waals surface area contributed by atoms with Gasteiger partial charge in [-0.1, -0.05) is 0 Å². The van der Waals surface area contributed by atoms with Crippen LogP contribution in [0.15, 0.2) is 54.6 Å². The molecule has 0 heterocycles. The van der Waals surface area contributed by atoms with Crippen molar-refractivity contribution in [2.75, 3.05) is 19.7 Å². The van der Waals surface area contributed by atoms with Crippen LogP contribution in [0.5, 0.6) is 0 Å². The van der Waals surface area contributed by atoms with Gasteiger partial charge >= 0.3 is 115 Å². The average Bonchev–Trinajstić information content (AvgIpc) is 2.46. The number of benzene rings is 2. The maximum atomic E-state index is 10.7. The number of halogens is 4. The van der Waals surface area contributed by atoms with Crippen molar-refractivity contribution in [2.45, 2.75) is 12.4 Å². The molecule has 0 aliphatic heterocycles. The predicted octanol–water partition coefficient (Wildman–Crippen LogP) is 0.837. The summed E-state index contributed by atoms with van der Waals surface area (Å²) in [5.41, 5.74) is -4.23. The van der Waals surface area contributed by atoms with Crippen LogP contribution >= 0.6 is 0 Å². The Kier molecular flexibility index (Phi) is 5.72. The summed E-state index contributed by atoms with van der Waals surface area (Å²) in [7, 11) is -6.09. The van der Waals surface area contributed by atoms with E-state index in [0.29, 0.717) is 0 Å². The van der Waals surface area contributed by atoms with Gasteiger partial charge in [-0.25, -0.2) is 8.42 Å². The first kappa shape index (κ1) is 22.9. The summed E-state index contributed by atoms with van der Waals surface area (Å²) in [6.07, 6.45) is 0. The zero-order chi connectivity index (χ0) is 20.5. The third-order valence-electron chi connectivity index (χ3n) is 3.99. The minimum atomic E-state index is -6.09. The molecule has 8 heteroatoms. The summed E-state index contributed by atoms with van der Waals surface area (Å²) in [6.45, 7) is 2.24. The zero-order valence-electron chi connectivity index (χ0n) is 15.3. The number of aryl methyl sites for hydroxylation is 1. The summed E-state index contributed by atoms with van der Waals surface area (Å²) in [5.74, 6) is 0. The molecule has 0 radical (unpaired) electrons. The van der Waals surface area contributed by atoms with Crippen molar-refractivity contribution in [1.29, 1.82) is 0 Å². The van der Waals surface area contributed by atoms with E-state index in [2.05, 4.69) is 81.2 Å². The van der Waals surface area contributed by atoms with Gasteiger partial charge in [0.05, 0.1) is 0 Å². The molecule has 0 bridgehead atoms. The van der Waals surface area contributed by atoms with E-state index in [1.807, 2.05) is 0 Å². The molecule has 0 N–H and O–H groups in total. The molecule has 0 spiro atoms. The van der Waals surface area contributed by atoms with E-state index in [9.17, 15) is 13.2 Å². The molecule has 2 aromatic rings. The van der Waals surface area contributed by atoms with E-state index in [-0.39, 0.29) is 0 Å². The van der Waals surface area contributed by atoms with Crippen LogP contribution in [0, 0.1) is 14.1 Å². The molecule has 3 nitrogen and oxygen atoms in total. The van der Waals surface area contributed by atoms with Crippen molar-refractivity contribution >= 4 is 10.1 Å². The largest absolute Gasteiger partial charge is 0.741 e. The van der Waals surface area contributed by atoms with Gasteiger partial charge in [-0.2, -0.15) is 13.2 Å². The van der Waals surface area contributed by atoms with E-state index >= 15 is 0 Å². The van der Waals surface area contributed by atoms with Crippen LogP contribution in [0.25, 0.3) is 0 Å². The molecule has 0 saturated heterocycles. The number of alkyl halides is 7. The predicted molar refractivity (Wildman–Crippen MR) is 94.5 cm³/mol. The molecule has 0 aliphatic carbocycles. The van der Waals surface area contributed by atoms with Gasteiger partial charge in [0.1, 0.15) is 0 Å². The molecule has 0 unspecified atom stereocenters. The van der Waals surface area contributed by atoms with Crippen LogP contribution in [-0.4, -0.2) is 38.2 Å². The molecule has 0 aromatic heterocycles. The van der Waals surface area contributed by atoms with E-state index in [1.54, 1.807) is 3.57 Å². The molecule has 0 atom stereocenters. The van der Waals surface area contributed by atoms with Crippen LogP contribution in [0.4, 0.5) is 13.2 Å². The third-order valence-corrected chi connectivity index (χ3v) is 17.3. The van der Waals surface area contributed by atoms with Gasteiger partial charge in [0, 0.05) is 0 Å². The Morgan fingerprint density at radius 3 is 1.62 bits per heavy atom. The van der Waals surface area contributed by atoms with Crippen LogP contribution in [-0.2, 0) is 10.1 Å². The maximum absolute atomic E-state index is 10.7.